The molecule has 2 aromatic carbocycles. The number of anilines is 1. The van der Waals surface area contributed by atoms with E-state index >= 15 is 0 Å². The number of aryl methyl sites for hydroxylation is 1. The van der Waals surface area contributed by atoms with Crippen LogP contribution in [0.15, 0.2) is 47.6 Å². The number of hydrogen-bond acceptors (Lipinski definition) is 5. The molecule has 0 saturated carbocycles. The summed E-state index contributed by atoms with van der Waals surface area (Å²) in [6.45, 7) is 4.80. The number of aromatic nitrogens is 3. The predicted octanol–water partition coefficient (Wildman–Crippen LogP) is 5.22. The quantitative estimate of drug-likeness (QED) is 0.476. The summed E-state index contributed by atoms with van der Waals surface area (Å²) >= 11 is 13.4. The van der Waals surface area contributed by atoms with E-state index in [1.165, 1.54) is 11.8 Å². The van der Waals surface area contributed by atoms with Gasteiger partial charge < -0.3 is 14.6 Å². The van der Waals surface area contributed by atoms with Crippen LogP contribution in [0.4, 0.5) is 5.69 Å². The van der Waals surface area contributed by atoms with Crippen LogP contribution in [-0.4, -0.2) is 26.4 Å². The van der Waals surface area contributed by atoms with Crippen LogP contribution in [0, 0.1) is 6.92 Å². The minimum absolute atomic E-state index is 0.0966. The van der Waals surface area contributed by atoms with Gasteiger partial charge in [-0.1, -0.05) is 53.2 Å². The number of rotatable bonds is 8. The third-order valence-electron chi connectivity index (χ3n) is 4.11. The molecule has 1 N–H and O–H groups in total. The highest BCUT2D eigenvalue weighted by Crippen LogP contribution is 2.28. The highest BCUT2D eigenvalue weighted by molar-refractivity contribution is 7.99. The van der Waals surface area contributed by atoms with Gasteiger partial charge in [0.25, 0.3) is 0 Å². The summed E-state index contributed by atoms with van der Waals surface area (Å²) in [5.41, 5.74) is 1.83. The van der Waals surface area contributed by atoms with Gasteiger partial charge in [0, 0.05) is 17.3 Å². The molecule has 1 heterocycles. The van der Waals surface area contributed by atoms with Crippen LogP contribution in [0.3, 0.4) is 0 Å². The number of halogens is 2. The Balaban J connectivity index is 1.60. The first kappa shape index (κ1) is 21.5. The van der Waals surface area contributed by atoms with Crippen molar-refractivity contribution in [3.63, 3.8) is 0 Å². The maximum atomic E-state index is 12.3. The monoisotopic (exact) mass is 450 g/mol. The van der Waals surface area contributed by atoms with Crippen LogP contribution in [-0.2, 0) is 17.9 Å². The molecule has 0 fully saturated rings. The van der Waals surface area contributed by atoms with Gasteiger partial charge in [-0.15, -0.1) is 10.2 Å². The molecule has 1 amide bonds. The fourth-order valence-corrected chi connectivity index (χ4v) is 3.90. The van der Waals surface area contributed by atoms with Crippen molar-refractivity contribution in [2.24, 2.45) is 0 Å². The molecule has 6 nitrogen and oxygen atoms in total. The van der Waals surface area contributed by atoms with E-state index in [0.29, 0.717) is 33.3 Å². The number of amides is 1. The number of thioether (sulfide) groups is 1. The van der Waals surface area contributed by atoms with Crippen LogP contribution in [0.25, 0.3) is 0 Å². The number of ether oxygens (including phenoxy) is 1. The first-order valence-electron chi connectivity index (χ1n) is 8.96. The van der Waals surface area contributed by atoms with E-state index in [-0.39, 0.29) is 18.3 Å². The lowest BCUT2D eigenvalue weighted by molar-refractivity contribution is -0.113. The standard InChI is InChI=1S/C20H20Cl2N4O2S/c1-3-26-18(11-28-17-9-8-14(21)10-15(17)22)24-25-20(26)29-12-19(27)23-16-7-5-4-6-13(16)2/h4-10H,3,11-12H2,1-2H3,(H,23,27). The second-order valence-electron chi connectivity index (χ2n) is 6.16. The molecule has 152 valence electrons. The summed E-state index contributed by atoms with van der Waals surface area (Å²) in [6.07, 6.45) is 0. The normalized spacial score (nSPS) is 10.8. The van der Waals surface area contributed by atoms with Crippen LogP contribution in [0.1, 0.15) is 18.3 Å². The molecule has 0 saturated heterocycles. The van der Waals surface area contributed by atoms with Crippen LogP contribution in [0.2, 0.25) is 10.0 Å². The van der Waals surface area contributed by atoms with Crippen LogP contribution >= 0.6 is 35.0 Å². The van der Waals surface area contributed by atoms with Crippen molar-refractivity contribution >= 4 is 46.6 Å². The lowest BCUT2D eigenvalue weighted by Gasteiger charge is -2.10. The average molecular weight is 451 g/mol. The molecule has 0 aliphatic rings. The zero-order valence-electron chi connectivity index (χ0n) is 16.0. The minimum Gasteiger partial charge on any atom is -0.484 e. The number of nitrogens with one attached hydrogen (secondary N) is 1. The number of benzene rings is 2. The van der Waals surface area contributed by atoms with E-state index in [1.54, 1.807) is 18.2 Å². The molecule has 0 bridgehead atoms. The molecule has 3 rings (SSSR count). The molecule has 0 radical (unpaired) electrons. The Bertz CT molecular complexity index is 1010. The number of carbonyl (C=O) groups excluding carboxylic acids is 1. The largest absolute Gasteiger partial charge is 0.484 e. The Hall–Kier alpha value is -2.22. The van der Waals surface area contributed by atoms with Crippen molar-refractivity contribution in [1.82, 2.24) is 14.8 Å². The molecule has 0 spiro atoms. The van der Waals surface area contributed by atoms with Crippen molar-refractivity contribution in [2.75, 3.05) is 11.1 Å². The van der Waals surface area contributed by atoms with E-state index in [1.807, 2.05) is 42.7 Å². The topological polar surface area (TPSA) is 69.0 Å². The molecule has 0 aliphatic carbocycles. The zero-order chi connectivity index (χ0) is 20.8. The molecular weight excluding hydrogens is 431 g/mol. The predicted molar refractivity (Wildman–Crippen MR) is 117 cm³/mol. The Labute approximate surface area is 183 Å². The smallest absolute Gasteiger partial charge is 0.234 e. The van der Waals surface area contributed by atoms with Crippen molar-refractivity contribution in [3.05, 3.63) is 63.9 Å². The maximum Gasteiger partial charge on any atom is 0.234 e. The molecule has 0 aliphatic heterocycles. The van der Waals surface area contributed by atoms with E-state index in [9.17, 15) is 4.79 Å². The number of para-hydroxylation sites is 1. The number of hydrogen-bond donors (Lipinski definition) is 1. The summed E-state index contributed by atoms with van der Waals surface area (Å²) in [5, 5.41) is 12.9. The first-order valence-corrected chi connectivity index (χ1v) is 10.7. The Morgan fingerprint density at radius 3 is 2.72 bits per heavy atom. The molecule has 9 heteroatoms. The van der Waals surface area contributed by atoms with Gasteiger partial charge in [-0.3, -0.25) is 4.79 Å². The molecule has 29 heavy (non-hydrogen) atoms. The Morgan fingerprint density at radius 1 is 1.21 bits per heavy atom. The summed E-state index contributed by atoms with van der Waals surface area (Å²) in [6, 6.07) is 12.7. The van der Waals surface area contributed by atoms with Gasteiger partial charge >= 0.3 is 0 Å². The lowest BCUT2D eigenvalue weighted by atomic mass is 10.2. The summed E-state index contributed by atoms with van der Waals surface area (Å²) in [7, 11) is 0. The van der Waals surface area contributed by atoms with Gasteiger partial charge in [0.2, 0.25) is 5.91 Å². The Morgan fingerprint density at radius 2 is 2.00 bits per heavy atom. The third-order valence-corrected chi connectivity index (χ3v) is 5.61. The van der Waals surface area contributed by atoms with Gasteiger partial charge in [-0.05, 0) is 43.7 Å². The highest BCUT2D eigenvalue weighted by Gasteiger charge is 2.15. The summed E-state index contributed by atoms with van der Waals surface area (Å²) in [5.74, 6) is 1.31. The van der Waals surface area contributed by atoms with Crippen molar-refractivity contribution in [1.29, 1.82) is 0 Å². The van der Waals surface area contributed by atoms with Crippen molar-refractivity contribution in [3.8, 4) is 5.75 Å². The molecule has 3 aromatic rings. The summed E-state index contributed by atoms with van der Waals surface area (Å²) in [4.78, 5) is 12.3. The van der Waals surface area contributed by atoms with Crippen molar-refractivity contribution < 1.29 is 9.53 Å². The fourth-order valence-electron chi connectivity index (χ4n) is 2.61. The van der Waals surface area contributed by atoms with Gasteiger partial charge in [0.1, 0.15) is 12.4 Å². The van der Waals surface area contributed by atoms with E-state index in [2.05, 4.69) is 15.5 Å². The van der Waals surface area contributed by atoms with E-state index in [4.69, 9.17) is 27.9 Å². The minimum atomic E-state index is -0.0966. The summed E-state index contributed by atoms with van der Waals surface area (Å²) < 4.78 is 7.66. The molecular formula is C20H20Cl2N4O2S. The molecule has 0 atom stereocenters. The SMILES string of the molecule is CCn1c(COc2ccc(Cl)cc2Cl)nnc1SCC(=O)Nc1ccccc1C. The third kappa shape index (κ3) is 5.65. The van der Waals surface area contributed by atoms with Gasteiger partial charge in [-0.2, -0.15) is 0 Å². The Kier molecular flexibility index (Phi) is 7.41. The number of carbonyl (C=O) groups is 1. The molecule has 1 aromatic heterocycles. The van der Waals surface area contributed by atoms with Gasteiger partial charge in [-0.25, -0.2) is 0 Å². The zero-order valence-corrected chi connectivity index (χ0v) is 18.3. The van der Waals surface area contributed by atoms with Crippen molar-refractivity contribution in [2.45, 2.75) is 32.2 Å². The van der Waals surface area contributed by atoms with Crippen LogP contribution < -0.4 is 10.1 Å². The highest BCUT2D eigenvalue weighted by atomic mass is 35.5. The van der Waals surface area contributed by atoms with Gasteiger partial charge in [0.05, 0.1) is 10.8 Å². The lowest BCUT2D eigenvalue weighted by Crippen LogP contribution is -2.15. The average Bonchev–Trinajstić information content (AvgIpc) is 3.09. The fraction of sp³-hybridized carbons (Fsp3) is 0.250. The second-order valence-corrected chi connectivity index (χ2v) is 7.94. The van der Waals surface area contributed by atoms with E-state index in [0.717, 1.165) is 11.3 Å². The van der Waals surface area contributed by atoms with Gasteiger partial charge in [0.15, 0.2) is 11.0 Å². The van der Waals surface area contributed by atoms with E-state index < -0.39 is 0 Å². The second kappa shape index (κ2) is 10.0. The first-order chi connectivity index (χ1) is 14.0. The maximum absolute atomic E-state index is 12.3. The molecule has 0 unspecified atom stereocenters. The van der Waals surface area contributed by atoms with Crippen LogP contribution in [0.5, 0.6) is 5.75 Å². The number of nitrogens with zero attached hydrogens (tertiary/aromatic N) is 3.